The molecule has 2 aromatic carbocycles. The Balaban J connectivity index is 1.65. The number of fused-ring (bicyclic) bond motifs is 2. The quantitative estimate of drug-likeness (QED) is 0.322. The van der Waals surface area contributed by atoms with E-state index in [1.165, 1.54) is 31.0 Å². The van der Waals surface area contributed by atoms with E-state index in [0.29, 0.717) is 16.3 Å². The molecule has 0 bridgehead atoms. The van der Waals surface area contributed by atoms with Crippen LogP contribution in [0.2, 0.25) is 0 Å². The van der Waals surface area contributed by atoms with E-state index in [1.807, 2.05) is 30.5 Å². The van der Waals surface area contributed by atoms with E-state index in [4.69, 9.17) is 4.98 Å². The Morgan fingerprint density at radius 2 is 1.97 bits per heavy atom. The molecule has 2 aromatic heterocycles. The number of aromatic amines is 1. The lowest BCUT2D eigenvalue weighted by Gasteiger charge is -2.19. The molecule has 0 atom stereocenters. The fraction of sp³-hybridized carbons (Fsp3) is 0.273. The number of benzene rings is 2. The van der Waals surface area contributed by atoms with E-state index in [0.717, 1.165) is 39.9 Å². The summed E-state index contributed by atoms with van der Waals surface area (Å²) in [6, 6.07) is 11.3. The molecule has 0 amide bonds. The van der Waals surface area contributed by atoms with Gasteiger partial charge in [-0.25, -0.2) is 4.98 Å². The van der Waals surface area contributed by atoms with E-state index in [9.17, 15) is 10.1 Å². The lowest BCUT2D eigenvalue weighted by molar-refractivity contribution is -0.387. The van der Waals surface area contributed by atoms with Gasteiger partial charge in [-0.05, 0) is 36.4 Å². The number of hydrogen-bond donors (Lipinski definition) is 1. The third-order valence-corrected chi connectivity index (χ3v) is 6.83. The molecule has 0 unspecified atom stereocenters. The van der Waals surface area contributed by atoms with E-state index in [2.05, 4.69) is 9.97 Å². The Bertz CT molecular complexity index is 1210. The maximum absolute atomic E-state index is 11.8. The Morgan fingerprint density at radius 3 is 2.79 bits per heavy atom. The SMILES string of the molecule is O=[N+]([O-])c1ccc2[nH]c(C3CCCCC3)nc2c1Sc1cccc2cnccc12. The summed E-state index contributed by atoms with van der Waals surface area (Å²) in [4.78, 5) is 25.5. The van der Waals surface area contributed by atoms with E-state index in [1.54, 1.807) is 18.3 Å². The number of nitrogens with zero attached hydrogens (tertiary/aromatic N) is 3. The Kier molecular flexibility index (Phi) is 4.67. The minimum absolute atomic E-state index is 0.0928. The highest BCUT2D eigenvalue weighted by atomic mass is 32.2. The Labute approximate surface area is 171 Å². The molecule has 5 rings (SSSR count). The van der Waals surface area contributed by atoms with Crippen molar-refractivity contribution >= 4 is 39.3 Å². The van der Waals surface area contributed by atoms with Gasteiger partial charge in [0.15, 0.2) is 0 Å². The minimum atomic E-state index is -0.316. The van der Waals surface area contributed by atoms with Gasteiger partial charge in [0.2, 0.25) is 0 Å². The van der Waals surface area contributed by atoms with Crippen LogP contribution in [0.4, 0.5) is 5.69 Å². The summed E-state index contributed by atoms with van der Waals surface area (Å²) < 4.78 is 0. The molecule has 146 valence electrons. The first-order valence-electron chi connectivity index (χ1n) is 9.88. The van der Waals surface area contributed by atoms with Crippen molar-refractivity contribution in [2.75, 3.05) is 0 Å². The number of nitro groups is 1. The molecule has 1 fully saturated rings. The number of H-pyrrole nitrogens is 1. The predicted octanol–water partition coefficient (Wildman–Crippen LogP) is 6.22. The maximum atomic E-state index is 11.8. The van der Waals surface area contributed by atoms with Crippen LogP contribution in [0.15, 0.2) is 58.6 Å². The minimum Gasteiger partial charge on any atom is -0.342 e. The fourth-order valence-electron chi connectivity index (χ4n) is 4.16. The fourth-order valence-corrected chi connectivity index (χ4v) is 5.33. The predicted molar refractivity (Wildman–Crippen MR) is 114 cm³/mol. The van der Waals surface area contributed by atoms with Crippen LogP contribution >= 0.6 is 11.8 Å². The monoisotopic (exact) mass is 404 g/mol. The van der Waals surface area contributed by atoms with E-state index < -0.39 is 0 Å². The molecule has 1 saturated carbocycles. The van der Waals surface area contributed by atoms with Gasteiger partial charge in [-0.2, -0.15) is 0 Å². The highest BCUT2D eigenvalue weighted by Crippen LogP contribution is 2.42. The Morgan fingerprint density at radius 1 is 1.10 bits per heavy atom. The number of nitrogens with one attached hydrogen (secondary N) is 1. The summed E-state index contributed by atoms with van der Waals surface area (Å²) in [6.07, 6.45) is 9.52. The van der Waals surface area contributed by atoms with Crippen molar-refractivity contribution in [2.45, 2.75) is 47.8 Å². The number of nitro benzene ring substituents is 1. The van der Waals surface area contributed by atoms with Crippen molar-refractivity contribution in [1.29, 1.82) is 0 Å². The molecule has 4 aromatic rings. The average molecular weight is 404 g/mol. The topological polar surface area (TPSA) is 84.7 Å². The number of rotatable bonds is 4. The molecular formula is C22H20N4O2S. The van der Waals surface area contributed by atoms with Crippen LogP contribution in [-0.2, 0) is 0 Å². The zero-order valence-electron chi connectivity index (χ0n) is 15.8. The van der Waals surface area contributed by atoms with Crippen LogP contribution in [0.5, 0.6) is 0 Å². The smallest absolute Gasteiger partial charge is 0.285 e. The Hall–Kier alpha value is -2.93. The van der Waals surface area contributed by atoms with Crippen molar-refractivity contribution < 1.29 is 4.92 Å². The number of pyridine rings is 1. The van der Waals surface area contributed by atoms with Crippen molar-refractivity contribution in [1.82, 2.24) is 15.0 Å². The number of hydrogen-bond acceptors (Lipinski definition) is 5. The summed E-state index contributed by atoms with van der Waals surface area (Å²) in [5.41, 5.74) is 1.65. The van der Waals surface area contributed by atoms with Crippen molar-refractivity contribution in [3.63, 3.8) is 0 Å². The first-order chi connectivity index (χ1) is 14.2. The number of aromatic nitrogens is 3. The third-order valence-electron chi connectivity index (χ3n) is 5.65. The molecular weight excluding hydrogens is 384 g/mol. The van der Waals surface area contributed by atoms with Crippen molar-refractivity contribution in [3.05, 3.63) is 64.7 Å². The largest absolute Gasteiger partial charge is 0.342 e. The van der Waals surface area contributed by atoms with Crippen LogP contribution in [-0.4, -0.2) is 19.9 Å². The van der Waals surface area contributed by atoms with Crippen molar-refractivity contribution in [2.24, 2.45) is 0 Å². The van der Waals surface area contributed by atoms with Gasteiger partial charge >= 0.3 is 0 Å². The van der Waals surface area contributed by atoms with Crippen LogP contribution in [0.3, 0.4) is 0 Å². The van der Waals surface area contributed by atoms with Crippen molar-refractivity contribution in [3.8, 4) is 0 Å². The van der Waals surface area contributed by atoms with Gasteiger partial charge in [0.25, 0.3) is 5.69 Å². The second-order valence-corrected chi connectivity index (χ2v) is 8.53. The van der Waals surface area contributed by atoms with Crippen LogP contribution in [0.1, 0.15) is 43.8 Å². The molecule has 1 aliphatic carbocycles. The lowest BCUT2D eigenvalue weighted by atomic mass is 9.89. The summed E-state index contributed by atoms with van der Waals surface area (Å²) in [5.74, 6) is 1.38. The zero-order valence-corrected chi connectivity index (χ0v) is 16.6. The highest BCUT2D eigenvalue weighted by molar-refractivity contribution is 8.00. The molecule has 7 heteroatoms. The average Bonchev–Trinajstić information content (AvgIpc) is 3.19. The second-order valence-electron chi connectivity index (χ2n) is 7.48. The van der Waals surface area contributed by atoms with E-state index >= 15 is 0 Å². The van der Waals surface area contributed by atoms with Gasteiger partial charge in [0, 0.05) is 34.7 Å². The molecule has 0 saturated heterocycles. The molecule has 0 aliphatic heterocycles. The van der Waals surface area contributed by atoms with Gasteiger partial charge in [0.05, 0.1) is 10.4 Å². The highest BCUT2D eigenvalue weighted by Gasteiger charge is 2.24. The van der Waals surface area contributed by atoms with Gasteiger partial charge in [-0.15, -0.1) is 0 Å². The summed E-state index contributed by atoms with van der Waals surface area (Å²) >= 11 is 1.41. The van der Waals surface area contributed by atoms with Gasteiger partial charge in [-0.1, -0.05) is 43.2 Å². The van der Waals surface area contributed by atoms with Crippen LogP contribution in [0.25, 0.3) is 21.8 Å². The van der Waals surface area contributed by atoms with Crippen LogP contribution in [0, 0.1) is 10.1 Å². The normalized spacial score (nSPS) is 15.2. The number of imidazole rings is 1. The van der Waals surface area contributed by atoms with Gasteiger partial charge < -0.3 is 4.98 Å². The molecule has 0 spiro atoms. The first-order valence-corrected chi connectivity index (χ1v) is 10.7. The van der Waals surface area contributed by atoms with E-state index in [-0.39, 0.29) is 10.6 Å². The van der Waals surface area contributed by atoms with Gasteiger partial charge in [-0.3, -0.25) is 15.1 Å². The standard InChI is InChI=1S/C22H20N4O2S/c27-26(28)18-10-9-17-20(25-22(24-17)14-5-2-1-3-6-14)21(18)29-19-8-4-7-15-13-23-12-11-16(15)19/h4,7-14H,1-3,5-6H2,(H,24,25). The third kappa shape index (κ3) is 3.35. The maximum Gasteiger partial charge on any atom is 0.285 e. The molecule has 0 radical (unpaired) electrons. The molecule has 2 heterocycles. The van der Waals surface area contributed by atoms with Gasteiger partial charge in [0.1, 0.15) is 16.2 Å². The summed E-state index contributed by atoms with van der Waals surface area (Å²) in [6.45, 7) is 0. The second kappa shape index (κ2) is 7.48. The molecule has 1 N–H and O–H groups in total. The lowest BCUT2D eigenvalue weighted by Crippen LogP contribution is -2.05. The first kappa shape index (κ1) is 18.1. The molecule has 29 heavy (non-hydrogen) atoms. The van der Waals surface area contributed by atoms with Crippen LogP contribution < -0.4 is 0 Å². The molecule has 6 nitrogen and oxygen atoms in total. The summed E-state index contributed by atoms with van der Waals surface area (Å²) in [5, 5.41) is 13.8. The zero-order chi connectivity index (χ0) is 19.8. The summed E-state index contributed by atoms with van der Waals surface area (Å²) in [7, 11) is 0. The molecule has 1 aliphatic rings.